The Morgan fingerprint density at radius 2 is 1.60 bits per heavy atom. The summed E-state index contributed by atoms with van der Waals surface area (Å²) in [6.45, 7) is 3.36. The number of nitrogens with zero attached hydrogens (tertiary/aromatic N) is 2. The molecule has 0 aromatic rings. The number of rotatable bonds is 3. The Morgan fingerprint density at radius 1 is 0.960 bits per heavy atom. The van der Waals surface area contributed by atoms with Crippen LogP contribution < -0.4 is 5.32 Å². The SMILES string of the molecule is Cl.O=C(CC1CC2CCC(C1)N2)N1CCN(C(=O)C2CCCO2)CC1. The standard InChI is InChI=1S/C18H29N3O3.ClH/c22-17(12-13-10-14-3-4-15(11-13)19-14)20-5-7-21(8-6-20)18(23)16-2-1-9-24-16;/h13-16,19H,1-12H2;1H. The van der Waals surface area contributed by atoms with Crippen molar-refractivity contribution in [1.29, 1.82) is 0 Å². The molecule has 4 aliphatic heterocycles. The van der Waals surface area contributed by atoms with Crippen LogP contribution in [0.5, 0.6) is 0 Å². The molecule has 3 atom stereocenters. The van der Waals surface area contributed by atoms with Gasteiger partial charge in [0, 0.05) is 51.3 Å². The maximum Gasteiger partial charge on any atom is 0.251 e. The van der Waals surface area contributed by atoms with Crippen LogP contribution in [0.25, 0.3) is 0 Å². The first-order valence-electron chi connectivity index (χ1n) is 9.63. The molecular formula is C18H30ClN3O3. The van der Waals surface area contributed by atoms with Gasteiger partial charge in [0.25, 0.3) is 5.91 Å². The van der Waals surface area contributed by atoms with Gasteiger partial charge in [-0.15, -0.1) is 12.4 Å². The molecule has 0 aromatic heterocycles. The third kappa shape index (κ3) is 4.29. The van der Waals surface area contributed by atoms with Gasteiger partial charge in [-0.05, 0) is 44.4 Å². The Labute approximate surface area is 156 Å². The van der Waals surface area contributed by atoms with Crippen LogP contribution >= 0.6 is 12.4 Å². The van der Waals surface area contributed by atoms with Crippen LogP contribution in [0, 0.1) is 5.92 Å². The average molecular weight is 372 g/mol. The Balaban J connectivity index is 0.00000182. The van der Waals surface area contributed by atoms with Gasteiger partial charge in [0.2, 0.25) is 5.91 Å². The van der Waals surface area contributed by atoms with E-state index in [-0.39, 0.29) is 30.3 Å². The van der Waals surface area contributed by atoms with Crippen LogP contribution in [-0.2, 0) is 14.3 Å². The monoisotopic (exact) mass is 371 g/mol. The zero-order valence-corrected chi connectivity index (χ0v) is 15.6. The van der Waals surface area contributed by atoms with Crippen LogP contribution in [0.3, 0.4) is 0 Å². The molecule has 4 saturated heterocycles. The van der Waals surface area contributed by atoms with Crippen LogP contribution in [-0.4, -0.2) is 72.6 Å². The zero-order valence-electron chi connectivity index (χ0n) is 14.8. The number of ether oxygens (including phenoxy) is 1. The van der Waals surface area contributed by atoms with Gasteiger partial charge >= 0.3 is 0 Å². The molecule has 25 heavy (non-hydrogen) atoms. The van der Waals surface area contributed by atoms with E-state index < -0.39 is 0 Å². The number of nitrogens with one attached hydrogen (secondary N) is 1. The fraction of sp³-hybridized carbons (Fsp3) is 0.889. The molecule has 0 radical (unpaired) electrons. The predicted octanol–water partition coefficient (Wildman–Crippen LogP) is 1.18. The first-order valence-corrected chi connectivity index (χ1v) is 9.63. The predicted molar refractivity (Wildman–Crippen MR) is 96.7 cm³/mol. The van der Waals surface area contributed by atoms with Crippen molar-refractivity contribution in [2.75, 3.05) is 32.8 Å². The van der Waals surface area contributed by atoms with Crippen LogP contribution in [0.1, 0.15) is 44.9 Å². The molecule has 0 aromatic carbocycles. The summed E-state index contributed by atoms with van der Waals surface area (Å²) in [5, 5.41) is 3.64. The molecule has 0 saturated carbocycles. The normalized spacial score (nSPS) is 34.7. The number of carbonyl (C=O) groups excluding carboxylic acids is 2. The topological polar surface area (TPSA) is 61.9 Å². The first kappa shape index (κ1) is 18.9. The number of piperidine rings is 1. The molecule has 4 fully saturated rings. The van der Waals surface area contributed by atoms with Crippen molar-refractivity contribution in [2.24, 2.45) is 5.92 Å². The molecule has 0 aliphatic carbocycles. The lowest BCUT2D eigenvalue weighted by atomic mass is 9.89. The molecule has 2 amide bonds. The third-order valence-corrected chi connectivity index (χ3v) is 6.18. The number of fused-ring (bicyclic) bond motifs is 2. The van der Waals surface area contributed by atoms with E-state index in [1.54, 1.807) is 0 Å². The summed E-state index contributed by atoms with van der Waals surface area (Å²) in [7, 11) is 0. The van der Waals surface area contributed by atoms with Crippen molar-refractivity contribution in [3.63, 3.8) is 0 Å². The van der Waals surface area contributed by atoms with Crippen molar-refractivity contribution in [1.82, 2.24) is 15.1 Å². The maximum atomic E-state index is 12.6. The lowest BCUT2D eigenvalue weighted by Gasteiger charge is -2.37. The number of carbonyl (C=O) groups is 2. The van der Waals surface area contributed by atoms with Gasteiger partial charge in [-0.25, -0.2) is 0 Å². The minimum Gasteiger partial charge on any atom is -0.368 e. The molecule has 142 valence electrons. The maximum absolute atomic E-state index is 12.6. The Bertz CT molecular complexity index is 478. The molecule has 0 spiro atoms. The highest BCUT2D eigenvalue weighted by Crippen LogP contribution is 2.33. The zero-order chi connectivity index (χ0) is 16.5. The number of piperazine rings is 1. The molecule has 2 bridgehead atoms. The lowest BCUT2D eigenvalue weighted by Crippen LogP contribution is -2.53. The van der Waals surface area contributed by atoms with Crippen LogP contribution in [0.2, 0.25) is 0 Å². The summed E-state index contributed by atoms with van der Waals surface area (Å²) >= 11 is 0. The highest BCUT2D eigenvalue weighted by Gasteiger charge is 2.36. The fourth-order valence-electron chi connectivity index (χ4n) is 4.87. The Kier molecular flexibility index (Phi) is 6.23. The van der Waals surface area contributed by atoms with Gasteiger partial charge in [0.05, 0.1) is 0 Å². The molecule has 4 aliphatic rings. The smallest absolute Gasteiger partial charge is 0.251 e. The summed E-state index contributed by atoms with van der Waals surface area (Å²) in [4.78, 5) is 28.8. The van der Waals surface area contributed by atoms with Crippen molar-refractivity contribution in [3.8, 4) is 0 Å². The van der Waals surface area contributed by atoms with E-state index in [1.807, 2.05) is 9.80 Å². The molecule has 4 rings (SSSR count). The van der Waals surface area contributed by atoms with Gasteiger partial charge < -0.3 is 19.9 Å². The molecule has 3 unspecified atom stereocenters. The fourth-order valence-corrected chi connectivity index (χ4v) is 4.87. The van der Waals surface area contributed by atoms with Gasteiger partial charge in [0.15, 0.2) is 0 Å². The average Bonchev–Trinajstić information content (AvgIpc) is 3.24. The van der Waals surface area contributed by atoms with Gasteiger partial charge in [-0.3, -0.25) is 9.59 Å². The summed E-state index contributed by atoms with van der Waals surface area (Å²) in [6.07, 6.45) is 7.13. The highest BCUT2D eigenvalue weighted by atomic mass is 35.5. The summed E-state index contributed by atoms with van der Waals surface area (Å²) < 4.78 is 5.49. The van der Waals surface area contributed by atoms with Crippen molar-refractivity contribution in [3.05, 3.63) is 0 Å². The van der Waals surface area contributed by atoms with E-state index in [0.29, 0.717) is 57.2 Å². The Morgan fingerprint density at radius 3 is 2.20 bits per heavy atom. The minimum absolute atomic E-state index is 0. The second-order valence-electron chi connectivity index (χ2n) is 7.89. The van der Waals surface area contributed by atoms with Gasteiger partial charge in [-0.1, -0.05) is 0 Å². The van der Waals surface area contributed by atoms with E-state index in [2.05, 4.69) is 5.32 Å². The number of hydrogen-bond acceptors (Lipinski definition) is 4. The Hall–Kier alpha value is -0.850. The molecular weight excluding hydrogens is 342 g/mol. The quantitative estimate of drug-likeness (QED) is 0.809. The van der Waals surface area contributed by atoms with Gasteiger partial charge in [-0.2, -0.15) is 0 Å². The number of halogens is 1. The number of hydrogen-bond donors (Lipinski definition) is 1. The van der Waals surface area contributed by atoms with Crippen LogP contribution in [0.4, 0.5) is 0 Å². The first-order chi connectivity index (χ1) is 11.7. The second-order valence-corrected chi connectivity index (χ2v) is 7.89. The summed E-state index contributed by atoms with van der Waals surface area (Å²) in [5.41, 5.74) is 0. The van der Waals surface area contributed by atoms with Crippen molar-refractivity contribution < 1.29 is 14.3 Å². The lowest BCUT2D eigenvalue weighted by molar-refractivity contribution is -0.146. The van der Waals surface area contributed by atoms with Crippen molar-refractivity contribution in [2.45, 2.75) is 63.1 Å². The second kappa shape index (κ2) is 8.23. The minimum atomic E-state index is -0.238. The summed E-state index contributed by atoms with van der Waals surface area (Å²) in [5.74, 6) is 0.947. The van der Waals surface area contributed by atoms with Crippen molar-refractivity contribution >= 4 is 24.2 Å². The summed E-state index contributed by atoms with van der Waals surface area (Å²) in [6, 6.07) is 1.28. The van der Waals surface area contributed by atoms with E-state index in [9.17, 15) is 9.59 Å². The van der Waals surface area contributed by atoms with E-state index in [1.165, 1.54) is 12.8 Å². The van der Waals surface area contributed by atoms with E-state index in [0.717, 1.165) is 25.7 Å². The molecule has 1 N–H and O–H groups in total. The highest BCUT2D eigenvalue weighted by molar-refractivity contribution is 5.85. The van der Waals surface area contributed by atoms with Crippen LogP contribution in [0.15, 0.2) is 0 Å². The molecule has 4 heterocycles. The largest absolute Gasteiger partial charge is 0.368 e. The number of amides is 2. The third-order valence-electron chi connectivity index (χ3n) is 6.18. The molecule has 7 heteroatoms. The van der Waals surface area contributed by atoms with E-state index >= 15 is 0 Å². The van der Waals surface area contributed by atoms with E-state index in [4.69, 9.17) is 4.74 Å². The molecule has 6 nitrogen and oxygen atoms in total. The van der Waals surface area contributed by atoms with Gasteiger partial charge in [0.1, 0.15) is 6.10 Å².